The molecule has 0 saturated carbocycles. The lowest BCUT2D eigenvalue weighted by molar-refractivity contribution is 0.0602. The second-order valence-corrected chi connectivity index (χ2v) is 6.36. The van der Waals surface area contributed by atoms with Crippen molar-refractivity contribution in [2.75, 3.05) is 14.2 Å². The van der Waals surface area contributed by atoms with Gasteiger partial charge in [0.1, 0.15) is 12.0 Å². The van der Waals surface area contributed by atoms with Gasteiger partial charge >= 0.3 is 5.97 Å². The minimum atomic E-state index is -0.471. The molecule has 0 radical (unpaired) electrons. The maximum atomic E-state index is 12.2. The van der Waals surface area contributed by atoms with Gasteiger partial charge in [-0.15, -0.1) is 0 Å². The zero-order valence-corrected chi connectivity index (χ0v) is 15.4. The van der Waals surface area contributed by atoms with Crippen molar-refractivity contribution in [2.45, 2.75) is 6.54 Å². The van der Waals surface area contributed by atoms with Crippen molar-refractivity contribution in [1.29, 1.82) is 0 Å². The number of pyridine rings is 1. The molecule has 0 aliphatic heterocycles. The van der Waals surface area contributed by atoms with Crippen molar-refractivity contribution in [3.8, 4) is 5.88 Å². The first-order chi connectivity index (χ1) is 13.1. The van der Waals surface area contributed by atoms with Crippen molar-refractivity contribution in [2.24, 2.45) is 0 Å². The summed E-state index contributed by atoms with van der Waals surface area (Å²) in [6, 6.07) is 7.79. The molecular weight excluding hydrogens is 368 g/mol. The Morgan fingerprint density at radius 1 is 1.19 bits per heavy atom. The fourth-order valence-corrected chi connectivity index (χ4v) is 3.25. The minimum Gasteiger partial charge on any atom is -0.480 e. The molecule has 0 fully saturated rings. The first-order valence-corrected chi connectivity index (χ1v) is 8.49. The van der Waals surface area contributed by atoms with E-state index in [1.54, 1.807) is 12.4 Å². The number of carbonyl (C=O) groups excluding carboxylic acids is 1. The van der Waals surface area contributed by atoms with Crippen molar-refractivity contribution >= 4 is 39.5 Å². The number of rotatable bonds is 4. The van der Waals surface area contributed by atoms with Crippen molar-refractivity contribution < 1.29 is 14.3 Å². The van der Waals surface area contributed by atoms with Crippen molar-refractivity contribution in [1.82, 2.24) is 19.5 Å². The average Bonchev–Trinajstić information content (AvgIpc) is 3.05. The maximum absolute atomic E-state index is 12.2. The number of nitrogens with zero attached hydrogens (tertiary/aromatic N) is 4. The number of ether oxygens (including phenoxy) is 2. The van der Waals surface area contributed by atoms with E-state index in [1.165, 1.54) is 20.5 Å². The van der Waals surface area contributed by atoms with E-state index in [1.807, 2.05) is 28.8 Å². The zero-order chi connectivity index (χ0) is 19.0. The van der Waals surface area contributed by atoms with E-state index in [2.05, 4.69) is 15.0 Å². The molecule has 7 nitrogen and oxygen atoms in total. The SMILES string of the molecule is COC(=O)c1cn(Cc2ccc3ncc(Cl)cc3c2)c2ncnc(OC)c12. The van der Waals surface area contributed by atoms with E-state index in [0.717, 1.165) is 16.5 Å². The molecule has 8 heteroatoms. The fourth-order valence-electron chi connectivity index (χ4n) is 3.08. The molecular formula is C19H15ClN4O3. The molecule has 0 aliphatic rings. The second kappa shape index (κ2) is 6.85. The molecule has 0 aliphatic carbocycles. The summed E-state index contributed by atoms with van der Waals surface area (Å²) in [5.41, 5.74) is 2.82. The molecule has 0 unspecified atom stereocenters. The normalized spacial score (nSPS) is 11.1. The summed E-state index contributed by atoms with van der Waals surface area (Å²) in [6.07, 6.45) is 4.73. The number of fused-ring (bicyclic) bond motifs is 2. The van der Waals surface area contributed by atoms with Gasteiger partial charge in [0.25, 0.3) is 0 Å². The summed E-state index contributed by atoms with van der Waals surface area (Å²) in [6.45, 7) is 0.496. The highest BCUT2D eigenvalue weighted by Gasteiger charge is 2.21. The lowest BCUT2D eigenvalue weighted by Crippen LogP contribution is -2.01. The Morgan fingerprint density at radius 3 is 2.81 bits per heavy atom. The number of aromatic nitrogens is 4. The van der Waals surface area contributed by atoms with Crippen LogP contribution in [0.4, 0.5) is 0 Å². The van der Waals surface area contributed by atoms with Crippen LogP contribution >= 0.6 is 11.6 Å². The van der Waals surface area contributed by atoms with Crippen LogP contribution in [0.5, 0.6) is 5.88 Å². The number of carbonyl (C=O) groups is 1. The molecule has 0 atom stereocenters. The summed E-state index contributed by atoms with van der Waals surface area (Å²) >= 11 is 6.05. The van der Waals surface area contributed by atoms with Crippen LogP contribution in [0, 0.1) is 0 Å². The molecule has 27 heavy (non-hydrogen) atoms. The largest absolute Gasteiger partial charge is 0.480 e. The van der Waals surface area contributed by atoms with Gasteiger partial charge in [0.15, 0.2) is 0 Å². The monoisotopic (exact) mass is 382 g/mol. The maximum Gasteiger partial charge on any atom is 0.340 e. The first-order valence-electron chi connectivity index (χ1n) is 8.11. The Labute approximate surface area is 159 Å². The first kappa shape index (κ1) is 17.2. The molecule has 0 bridgehead atoms. The van der Waals surface area contributed by atoms with Crippen LogP contribution in [-0.2, 0) is 11.3 Å². The van der Waals surface area contributed by atoms with Gasteiger partial charge in [-0.25, -0.2) is 14.8 Å². The van der Waals surface area contributed by atoms with E-state index < -0.39 is 5.97 Å². The quantitative estimate of drug-likeness (QED) is 0.503. The van der Waals surface area contributed by atoms with Crippen LogP contribution in [0.15, 0.2) is 43.0 Å². The van der Waals surface area contributed by atoms with Crippen LogP contribution < -0.4 is 4.74 Å². The molecule has 0 amide bonds. The van der Waals surface area contributed by atoms with Gasteiger partial charge in [0, 0.05) is 24.3 Å². The van der Waals surface area contributed by atoms with Gasteiger partial charge in [0.05, 0.1) is 35.7 Å². The highest BCUT2D eigenvalue weighted by molar-refractivity contribution is 6.31. The molecule has 0 spiro atoms. The summed E-state index contributed by atoms with van der Waals surface area (Å²) in [4.78, 5) is 24.9. The standard InChI is InChI=1S/C19H15ClN4O3/c1-26-18-16-14(19(25)27-2)9-24(17(16)22-10-23-18)8-11-3-4-15-12(5-11)6-13(20)7-21-15/h3-7,9-10H,8H2,1-2H3. The van der Waals surface area contributed by atoms with Gasteiger partial charge < -0.3 is 14.0 Å². The van der Waals surface area contributed by atoms with E-state index in [4.69, 9.17) is 21.1 Å². The Morgan fingerprint density at radius 2 is 2.04 bits per heavy atom. The van der Waals surface area contributed by atoms with Gasteiger partial charge in [-0.3, -0.25) is 4.98 Å². The summed E-state index contributed by atoms with van der Waals surface area (Å²) in [7, 11) is 2.84. The number of halogens is 1. The number of hydrogen-bond donors (Lipinski definition) is 0. The summed E-state index contributed by atoms with van der Waals surface area (Å²) in [5, 5.41) is 2.05. The second-order valence-electron chi connectivity index (χ2n) is 5.92. The Balaban J connectivity index is 1.83. The average molecular weight is 383 g/mol. The molecule has 3 heterocycles. The van der Waals surface area contributed by atoms with E-state index >= 15 is 0 Å². The van der Waals surface area contributed by atoms with Gasteiger partial charge in [-0.05, 0) is 23.8 Å². The Bertz CT molecular complexity index is 1170. The minimum absolute atomic E-state index is 0.327. The fraction of sp³-hybridized carbons (Fsp3) is 0.158. The number of esters is 1. The molecule has 0 N–H and O–H groups in total. The smallest absolute Gasteiger partial charge is 0.340 e. The van der Waals surface area contributed by atoms with Crippen LogP contribution in [0.25, 0.3) is 21.9 Å². The predicted octanol–water partition coefficient (Wildman–Crippen LogP) is 3.48. The summed E-state index contributed by atoms with van der Waals surface area (Å²) < 4.78 is 12.1. The Kier molecular flexibility index (Phi) is 4.37. The van der Waals surface area contributed by atoms with Gasteiger partial charge in [-0.2, -0.15) is 0 Å². The van der Waals surface area contributed by atoms with Crippen molar-refractivity contribution in [3.63, 3.8) is 0 Å². The highest BCUT2D eigenvalue weighted by atomic mass is 35.5. The summed E-state index contributed by atoms with van der Waals surface area (Å²) in [5.74, 6) is -0.144. The third-order valence-electron chi connectivity index (χ3n) is 4.28. The topological polar surface area (TPSA) is 79.1 Å². The lowest BCUT2D eigenvalue weighted by Gasteiger charge is -2.07. The molecule has 4 rings (SSSR count). The zero-order valence-electron chi connectivity index (χ0n) is 14.6. The highest BCUT2D eigenvalue weighted by Crippen LogP contribution is 2.28. The van der Waals surface area contributed by atoms with Crippen LogP contribution in [0.2, 0.25) is 5.02 Å². The van der Waals surface area contributed by atoms with Crippen LogP contribution in [0.3, 0.4) is 0 Å². The van der Waals surface area contributed by atoms with E-state index in [9.17, 15) is 4.79 Å². The van der Waals surface area contributed by atoms with Crippen LogP contribution in [0.1, 0.15) is 15.9 Å². The third kappa shape index (κ3) is 3.06. The van der Waals surface area contributed by atoms with E-state index in [-0.39, 0.29) is 0 Å². The van der Waals surface area contributed by atoms with Gasteiger partial charge in [-0.1, -0.05) is 17.7 Å². The molecule has 3 aromatic heterocycles. The number of methoxy groups -OCH3 is 2. The van der Waals surface area contributed by atoms with Crippen molar-refractivity contribution in [3.05, 3.63) is 59.1 Å². The number of hydrogen-bond acceptors (Lipinski definition) is 6. The van der Waals surface area contributed by atoms with Crippen LogP contribution in [-0.4, -0.2) is 39.7 Å². The third-order valence-corrected chi connectivity index (χ3v) is 4.49. The molecule has 4 aromatic rings. The molecule has 1 aromatic carbocycles. The number of benzene rings is 1. The van der Waals surface area contributed by atoms with E-state index in [0.29, 0.717) is 34.0 Å². The van der Waals surface area contributed by atoms with Gasteiger partial charge in [0.2, 0.25) is 5.88 Å². The molecule has 136 valence electrons. The lowest BCUT2D eigenvalue weighted by atomic mass is 10.1. The molecule has 0 saturated heterocycles. The predicted molar refractivity (Wildman–Crippen MR) is 101 cm³/mol. The Hall–Kier alpha value is -3.19.